The molecule has 1 nitrogen and oxygen atoms in total. The summed E-state index contributed by atoms with van der Waals surface area (Å²) in [6.07, 6.45) is 0. The first kappa shape index (κ1) is 14.8. The van der Waals surface area contributed by atoms with Gasteiger partial charge in [0.15, 0.2) is 5.78 Å². The summed E-state index contributed by atoms with van der Waals surface area (Å²) in [6.45, 7) is 10.3. The fraction of sp³-hybridized carbons (Fsp3) is 0.278. The zero-order valence-electron chi connectivity index (χ0n) is 12.6. The van der Waals surface area contributed by atoms with Gasteiger partial charge < -0.3 is 0 Å². The zero-order valence-corrected chi connectivity index (χ0v) is 13.4. The third kappa shape index (κ3) is 2.38. The van der Waals surface area contributed by atoms with Gasteiger partial charge in [0, 0.05) is 16.1 Å². The van der Waals surface area contributed by atoms with Crippen molar-refractivity contribution in [1.82, 2.24) is 0 Å². The highest BCUT2D eigenvalue weighted by Crippen LogP contribution is 2.28. The molecule has 0 aliphatic rings. The maximum Gasteiger partial charge on any atom is 0.193 e. The molecule has 20 heavy (non-hydrogen) atoms. The van der Waals surface area contributed by atoms with E-state index in [2.05, 4.69) is 20.8 Å². The van der Waals surface area contributed by atoms with E-state index in [0.29, 0.717) is 10.6 Å². The van der Waals surface area contributed by atoms with Crippen molar-refractivity contribution in [2.24, 2.45) is 0 Å². The van der Waals surface area contributed by atoms with Gasteiger partial charge in [-0.2, -0.15) is 0 Å². The van der Waals surface area contributed by atoms with Crippen LogP contribution in [0.3, 0.4) is 0 Å². The predicted molar refractivity (Wildman–Crippen MR) is 85.0 cm³/mol. The summed E-state index contributed by atoms with van der Waals surface area (Å²) < 4.78 is 0. The van der Waals surface area contributed by atoms with E-state index in [9.17, 15) is 4.79 Å². The molecule has 0 aliphatic heterocycles. The fourth-order valence-electron chi connectivity index (χ4n) is 2.59. The first-order chi connectivity index (χ1) is 9.34. The lowest BCUT2D eigenvalue weighted by Crippen LogP contribution is -2.10. The number of carbonyl (C=O) groups is 1. The summed E-state index contributed by atoms with van der Waals surface area (Å²) in [6, 6.07) is 7.09. The molecule has 0 heterocycles. The van der Waals surface area contributed by atoms with Crippen LogP contribution >= 0.6 is 11.6 Å². The Hall–Kier alpha value is -1.60. The van der Waals surface area contributed by atoms with Crippen LogP contribution in [0, 0.1) is 34.6 Å². The van der Waals surface area contributed by atoms with E-state index in [1.165, 1.54) is 16.7 Å². The van der Waals surface area contributed by atoms with Crippen LogP contribution in [0.5, 0.6) is 0 Å². The number of benzene rings is 2. The molecule has 0 unspecified atom stereocenters. The third-order valence-electron chi connectivity index (χ3n) is 4.33. The molecule has 0 fully saturated rings. The SMILES string of the molecule is Cc1c(C)c(C)c(C(=O)c2ccc(Cl)cc2)c(C)c1C. The number of halogens is 1. The quantitative estimate of drug-likeness (QED) is 0.701. The summed E-state index contributed by atoms with van der Waals surface area (Å²) in [4.78, 5) is 12.8. The summed E-state index contributed by atoms with van der Waals surface area (Å²) >= 11 is 5.88. The van der Waals surface area contributed by atoms with Crippen LogP contribution in [0.2, 0.25) is 5.02 Å². The topological polar surface area (TPSA) is 17.1 Å². The van der Waals surface area contributed by atoms with Gasteiger partial charge >= 0.3 is 0 Å². The van der Waals surface area contributed by atoms with E-state index in [-0.39, 0.29) is 5.78 Å². The molecule has 0 aromatic heterocycles. The average molecular weight is 287 g/mol. The smallest absolute Gasteiger partial charge is 0.193 e. The van der Waals surface area contributed by atoms with Crippen LogP contribution in [0.1, 0.15) is 43.7 Å². The maximum absolute atomic E-state index is 12.8. The third-order valence-corrected chi connectivity index (χ3v) is 4.59. The first-order valence-corrected chi connectivity index (χ1v) is 7.09. The molecule has 0 aliphatic carbocycles. The Kier molecular flexibility index (Phi) is 4.01. The van der Waals surface area contributed by atoms with Gasteiger partial charge in [-0.15, -0.1) is 0 Å². The van der Waals surface area contributed by atoms with E-state index in [1.807, 2.05) is 13.8 Å². The summed E-state index contributed by atoms with van der Waals surface area (Å²) in [5.41, 5.74) is 7.33. The largest absolute Gasteiger partial charge is 0.289 e. The van der Waals surface area contributed by atoms with Crippen molar-refractivity contribution in [2.75, 3.05) is 0 Å². The van der Waals surface area contributed by atoms with Crippen molar-refractivity contribution in [3.8, 4) is 0 Å². The van der Waals surface area contributed by atoms with Gasteiger partial charge in [0.2, 0.25) is 0 Å². The van der Waals surface area contributed by atoms with Crippen LogP contribution in [0.25, 0.3) is 0 Å². The molecule has 2 aromatic carbocycles. The average Bonchev–Trinajstić information content (AvgIpc) is 2.44. The summed E-state index contributed by atoms with van der Waals surface area (Å²) in [7, 11) is 0. The molecular formula is C18H19ClO. The zero-order chi connectivity index (χ0) is 15.0. The monoisotopic (exact) mass is 286 g/mol. The molecule has 0 N–H and O–H groups in total. The van der Waals surface area contributed by atoms with Crippen molar-refractivity contribution in [1.29, 1.82) is 0 Å². The molecule has 0 amide bonds. The molecule has 0 radical (unpaired) electrons. The Morgan fingerprint density at radius 1 is 0.750 bits per heavy atom. The minimum Gasteiger partial charge on any atom is -0.289 e. The van der Waals surface area contributed by atoms with E-state index in [0.717, 1.165) is 16.7 Å². The van der Waals surface area contributed by atoms with E-state index in [1.54, 1.807) is 24.3 Å². The second-order valence-corrected chi connectivity index (χ2v) is 5.77. The van der Waals surface area contributed by atoms with Gasteiger partial charge in [0.25, 0.3) is 0 Å². The fourth-order valence-corrected chi connectivity index (χ4v) is 2.71. The second-order valence-electron chi connectivity index (χ2n) is 5.34. The Balaban J connectivity index is 2.64. The number of ketones is 1. The minimum atomic E-state index is 0.0721. The molecule has 2 rings (SSSR count). The van der Waals surface area contributed by atoms with Gasteiger partial charge in [-0.3, -0.25) is 4.79 Å². The summed E-state index contributed by atoms with van der Waals surface area (Å²) in [5, 5.41) is 0.645. The van der Waals surface area contributed by atoms with Crippen molar-refractivity contribution < 1.29 is 4.79 Å². The number of hydrogen-bond donors (Lipinski definition) is 0. The van der Waals surface area contributed by atoms with Gasteiger partial charge in [0.05, 0.1) is 0 Å². The van der Waals surface area contributed by atoms with Crippen molar-refractivity contribution in [3.05, 3.63) is 68.2 Å². The highest BCUT2D eigenvalue weighted by Gasteiger charge is 2.19. The standard InChI is InChI=1S/C18H19ClO/c1-10-11(2)13(4)17(14(5)12(10)3)18(20)15-6-8-16(19)9-7-15/h6-9H,1-5H3. The maximum atomic E-state index is 12.8. The van der Waals surface area contributed by atoms with Crippen LogP contribution in [-0.2, 0) is 0 Å². The molecule has 104 valence electrons. The van der Waals surface area contributed by atoms with Crippen molar-refractivity contribution in [3.63, 3.8) is 0 Å². The highest BCUT2D eigenvalue weighted by atomic mass is 35.5. The lowest BCUT2D eigenvalue weighted by atomic mass is 9.86. The molecule has 2 aromatic rings. The van der Waals surface area contributed by atoms with Crippen LogP contribution in [0.4, 0.5) is 0 Å². The molecule has 0 bridgehead atoms. The Bertz CT molecular complexity index is 653. The lowest BCUT2D eigenvalue weighted by molar-refractivity contribution is 0.103. The molecule has 0 saturated carbocycles. The minimum absolute atomic E-state index is 0.0721. The van der Waals surface area contributed by atoms with Crippen LogP contribution in [0.15, 0.2) is 24.3 Å². The van der Waals surface area contributed by atoms with Crippen LogP contribution < -0.4 is 0 Å². The molecular weight excluding hydrogens is 268 g/mol. The number of rotatable bonds is 2. The number of carbonyl (C=O) groups excluding carboxylic acids is 1. The normalized spacial score (nSPS) is 10.7. The number of hydrogen-bond acceptors (Lipinski definition) is 1. The predicted octanol–water partition coefficient (Wildman–Crippen LogP) is 5.11. The van der Waals surface area contributed by atoms with Gasteiger partial charge in [0.1, 0.15) is 0 Å². The van der Waals surface area contributed by atoms with Crippen LogP contribution in [-0.4, -0.2) is 5.78 Å². The van der Waals surface area contributed by atoms with Crippen molar-refractivity contribution >= 4 is 17.4 Å². The molecule has 0 spiro atoms. The Labute approximate surface area is 125 Å². The van der Waals surface area contributed by atoms with Gasteiger partial charge in [-0.25, -0.2) is 0 Å². The first-order valence-electron chi connectivity index (χ1n) is 6.71. The van der Waals surface area contributed by atoms with E-state index < -0.39 is 0 Å². The van der Waals surface area contributed by atoms with Crippen molar-refractivity contribution in [2.45, 2.75) is 34.6 Å². The molecule has 0 atom stereocenters. The van der Waals surface area contributed by atoms with E-state index in [4.69, 9.17) is 11.6 Å². The second kappa shape index (κ2) is 5.41. The molecule has 2 heteroatoms. The van der Waals surface area contributed by atoms with E-state index >= 15 is 0 Å². The molecule has 0 saturated heterocycles. The highest BCUT2D eigenvalue weighted by molar-refractivity contribution is 6.30. The Morgan fingerprint density at radius 2 is 1.15 bits per heavy atom. The summed E-state index contributed by atoms with van der Waals surface area (Å²) in [5.74, 6) is 0.0721. The van der Waals surface area contributed by atoms with Gasteiger partial charge in [-0.1, -0.05) is 11.6 Å². The lowest BCUT2D eigenvalue weighted by Gasteiger charge is -2.17. The Morgan fingerprint density at radius 3 is 1.60 bits per heavy atom. The van der Waals surface area contributed by atoms with Gasteiger partial charge in [-0.05, 0) is 86.7 Å².